The van der Waals surface area contributed by atoms with Crippen LogP contribution in [0, 0.1) is 6.92 Å². The molecule has 0 atom stereocenters. The highest BCUT2D eigenvalue weighted by molar-refractivity contribution is 9.10. The molecular weight excluding hydrogens is 282 g/mol. The molecule has 1 aromatic heterocycles. The number of benzene rings is 1. The average molecular weight is 293 g/mol. The molecule has 1 heterocycles. The Morgan fingerprint density at radius 1 is 1.50 bits per heavy atom. The Balaban J connectivity index is 2.79. The minimum atomic E-state index is 0.778. The molecule has 0 radical (unpaired) electrons. The highest BCUT2D eigenvalue weighted by Gasteiger charge is 2.04. The Morgan fingerprint density at radius 2 is 2.25 bits per heavy atom. The molecule has 3 heteroatoms. The van der Waals surface area contributed by atoms with Crippen molar-refractivity contribution in [3.05, 3.63) is 46.6 Å². The van der Waals surface area contributed by atoms with Gasteiger partial charge in [-0.1, -0.05) is 22.0 Å². The van der Waals surface area contributed by atoms with Crippen molar-refractivity contribution in [3.8, 4) is 0 Å². The molecule has 0 N–H and O–H groups in total. The second-order valence-corrected chi connectivity index (χ2v) is 4.98. The zero-order valence-corrected chi connectivity index (χ0v) is 11.4. The van der Waals surface area contributed by atoms with Crippen molar-refractivity contribution in [2.24, 2.45) is 0 Å². The lowest BCUT2D eigenvalue weighted by molar-refractivity contribution is 1.09. The van der Waals surface area contributed by atoms with E-state index in [0.29, 0.717) is 0 Å². The van der Waals surface area contributed by atoms with Crippen molar-refractivity contribution in [3.63, 3.8) is 0 Å². The number of aromatic nitrogens is 1. The lowest BCUT2D eigenvalue weighted by atomic mass is 10.1. The molecule has 0 aliphatic rings. The number of hydrogen-bond donors (Lipinski definition) is 0. The van der Waals surface area contributed by atoms with Crippen molar-refractivity contribution >= 4 is 39.5 Å². The number of aryl methyl sites for hydroxylation is 1. The topological polar surface area (TPSA) is 12.9 Å². The minimum Gasteiger partial charge on any atom is -0.779 e. The van der Waals surface area contributed by atoms with Crippen LogP contribution < -0.4 is 0 Å². The number of hydrogen-bond acceptors (Lipinski definition) is 2. The van der Waals surface area contributed by atoms with Gasteiger partial charge >= 0.3 is 0 Å². The van der Waals surface area contributed by atoms with E-state index in [1.807, 2.05) is 31.2 Å². The third kappa shape index (κ3) is 1.97. The summed E-state index contributed by atoms with van der Waals surface area (Å²) in [6.45, 7) is 5.75. The monoisotopic (exact) mass is 292 g/mol. The molecule has 0 bridgehead atoms. The first-order chi connectivity index (χ1) is 7.63. The molecule has 1 nitrogen and oxygen atoms in total. The molecule has 0 saturated carbocycles. The van der Waals surface area contributed by atoms with Crippen LogP contribution in [0.2, 0.25) is 0 Å². The molecule has 1 aromatic carbocycles. The van der Waals surface area contributed by atoms with Crippen LogP contribution in [0.1, 0.15) is 11.3 Å². The standard InChI is InChI=1S/C13H12BrNS/c1-3-4-10-8(2)15-12-6-5-9(14)7-11(12)13(10)16/h3,5-7H,1,4H2,2H3,(H,15,16)/p-1. The molecule has 0 aliphatic heterocycles. The highest BCUT2D eigenvalue weighted by Crippen LogP contribution is 2.26. The quantitative estimate of drug-likeness (QED) is 0.614. The van der Waals surface area contributed by atoms with Crippen LogP contribution in [-0.2, 0) is 19.0 Å². The fraction of sp³-hybridized carbons (Fsp3) is 0.154. The fourth-order valence-electron chi connectivity index (χ4n) is 1.75. The number of fused-ring (bicyclic) bond motifs is 1. The van der Waals surface area contributed by atoms with Gasteiger partial charge in [0, 0.05) is 10.2 Å². The summed E-state index contributed by atoms with van der Waals surface area (Å²) >= 11 is 8.95. The molecule has 82 valence electrons. The van der Waals surface area contributed by atoms with Gasteiger partial charge in [-0.25, -0.2) is 0 Å². The van der Waals surface area contributed by atoms with Gasteiger partial charge in [0.25, 0.3) is 0 Å². The number of pyridine rings is 1. The normalized spacial score (nSPS) is 10.6. The molecule has 0 spiro atoms. The second-order valence-electron chi connectivity index (χ2n) is 3.66. The van der Waals surface area contributed by atoms with E-state index in [0.717, 1.165) is 37.9 Å². The number of allylic oxidation sites excluding steroid dienone is 1. The van der Waals surface area contributed by atoms with Crippen LogP contribution in [0.25, 0.3) is 10.9 Å². The Labute approximate surface area is 109 Å². The Morgan fingerprint density at radius 3 is 2.94 bits per heavy atom. The van der Waals surface area contributed by atoms with Crippen LogP contribution in [0.15, 0.2) is 40.2 Å². The van der Waals surface area contributed by atoms with Gasteiger partial charge in [0.05, 0.1) is 5.52 Å². The van der Waals surface area contributed by atoms with Gasteiger partial charge in [-0.3, -0.25) is 4.98 Å². The molecule has 0 amide bonds. The SMILES string of the molecule is C=CCc1c(C)nc2ccc(Br)cc2c1[S-]. The van der Waals surface area contributed by atoms with Gasteiger partial charge in [0.2, 0.25) is 0 Å². The molecular formula is C13H11BrNS-. The van der Waals surface area contributed by atoms with Gasteiger partial charge < -0.3 is 12.6 Å². The van der Waals surface area contributed by atoms with Gasteiger partial charge in [-0.15, -0.1) is 6.58 Å². The van der Waals surface area contributed by atoms with Gasteiger partial charge in [0.1, 0.15) is 0 Å². The summed E-state index contributed by atoms with van der Waals surface area (Å²) in [6, 6.07) is 5.99. The van der Waals surface area contributed by atoms with Crippen LogP contribution in [-0.4, -0.2) is 4.98 Å². The zero-order chi connectivity index (χ0) is 11.7. The Hall–Kier alpha value is -0.930. The first-order valence-corrected chi connectivity index (χ1v) is 6.20. The van der Waals surface area contributed by atoms with Crippen molar-refractivity contribution in [2.45, 2.75) is 18.2 Å². The Kier molecular flexibility index (Phi) is 3.26. The number of rotatable bonds is 2. The fourth-order valence-corrected chi connectivity index (χ4v) is 2.50. The summed E-state index contributed by atoms with van der Waals surface area (Å²) in [5.74, 6) is 0. The third-order valence-electron chi connectivity index (χ3n) is 2.55. The molecule has 0 unspecified atom stereocenters. The molecule has 2 rings (SSSR count). The summed E-state index contributed by atoms with van der Waals surface area (Å²) in [7, 11) is 0. The summed E-state index contributed by atoms with van der Waals surface area (Å²) in [4.78, 5) is 5.45. The maximum absolute atomic E-state index is 5.50. The first kappa shape index (κ1) is 11.6. The van der Waals surface area contributed by atoms with E-state index < -0.39 is 0 Å². The minimum absolute atomic E-state index is 0.778. The average Bonchev–Trinajstić information content (AvgIpc) is 2.26. The predicted octanol–water partition coefficient (Wildman–Crippen LogP) is 3.94. The summed E-state index contributed by atoms with van der Waals surface area (Å²) < 4.78 is 1.03. The lowest BCUT2D eigenvalue weighted by Crippen LogP contribution is -1.97. The highest BCUT2D eigenvalue weighted by atomic mass is 79.9. The van der Waals surface area contributed by atoms with E-state index in [1.54, 1.807) is 0 Å². The van der Waals surface area contributed by atoms with Gasteiger partial charge in [0.15, 0.2) is 0 Å². The van der Waals surface area contributed by atoms with Gasteiger partial charge in [-0.2, -0.15) is 4.90 Å². The summed E-state index contributed by atoms with van der Waals surface area (Å²) in [5.41, 5.74) is 3.06. The molecule has 2 aromatic rings. The number of halogens is 1. The second kappa shape index (κ2) is 4.52. The smallest absolute Gasteiger partial charge is 0.0691 e. The lowest BCUT2D eigenvalue weighted by Gasteiger charge is -2.18. The van der Waals surface area contributed by atoms with Crippen LogP contribution in [0.4, 0.5) is 0 Å². The predicted molar refractivity (Wildman–Crippen MR) is 73.7 cm³/mol. The maximum Gasteiger partial charge on any atom is 0.0691 e. The van der Waals surface area contributed by atoms with Gasteiger partial charge in [-0.05, 0) is 42.5 Å². The van der Waals surface area contributed by atoms with E-state index in [9.17, 15) is 0 Å². The van der Waals surface area contributed by atoms with Crippen molar-refractivity contribution in [2.75, 3.05) is 0 Å². The van der Waals surface area contributed by atoms with Crippen LogP contribution in [0.5, 0.6) is 0 Å². The summed E-state index contributed by atoms with van der Waals surface area (Å²) in [5, 5.41) is 1.03. The number of nitrogens with zero attached hydrogens (tertiary/aromatic N) is 1. The van der Waals surface area contributed by atoms with E-state index in [1.165, 1.54) is 0 Å². The summed E-state index contributed by atoms with van der Waals surface area (Å²) in [6.07, 6.45) is 2.64. The zero-order valence-electron chi connectivity index (χ0n) is 8.96. The maximum atomic E-state index is 5.50. The Bertz CT molecular complexity index is 563. The van der Waals surface area contributed by atoms with E-state index in [2.05, 4.69) is 27.5 Å². The van der Waals surface area contributed by atoms with E-state index in [4.69, 9.17) is 12.6 Å². The van der Waals surface area contributed by atoms with E-state index in [-0.39, 0.29) is 0 Å². The first-order valence-electron chi connectivity index (χ1n) is 5.00. The van der Waals surface area contributed by atoms with Crippen molar-refractivity contribution < 1.29 is 0 Å². The molecule has 0 aliphatic carbocycles. The van der Waals surface area contributed by atoms with Crippen molar-refractivity contribution in [1.82, 2.24) is 4.98 Å². The van der Waals surface area contributed by atoms with Crippen LogP contribution in [0.3, 0.4) is 0 Å². The molecule has 16 heavy (non-hydrogen) atoms. The molecule has 0 fully saturated rings. The van der Waals surface area contributed by atoms with E-state index >= 15 is 0 Å². The molecule has 0 saturated heterocycles. The van der Waals surface area contributed by atoms with Crippen LogP contribution >= 0.6 is 15.9 Å². The largest absolute Gasteiger partial charge is 0.779 e. The third-order valence-corrected chi connectivity index (χ3v) is 3.51. The van der Waals surface area contributed by atoms with Crippen molar-refractivity contribution in [1.29, 1.82) is 0 Å².